The first kappa shape index (κ1) is 10.2. The van der Waals surface area contributed by atoms with Gasteiger partial charge in [0, 0.05) is 23.1 Å². The van der Waals surface area contributed by atoms with Crippen LogP contribution in [0.1, 0.15) is 17.3 Å². The summed E-state index contributed by atoms with van der Waals surface area (Å²) >= 11 is 0. The summed E-state index contributed by atoms with van der Waals surface area (Å²) in [6.45, 7) is 0.632. The lowest BCUT2D eigenvalue weighted by Gasteiger charge is -2.20. The molecule has 0 radical (unpaired) electrons. The van der Waals surface area contributed by atoms with Crippen LogP contribution in [0.3, 0.4) is 0 Å². The van der Waals surface area contributed by atoms with Gasteiger partial charge in [0.25, 0.3) is 0 Å². The summed E-state index contributed by atoms with van der Waals surface area (Å²) in [5.74, 6) is -0.688. The number of H-pyrrole nitrogens is 1. The second-order valence-electron chi connectivity index (χ2n) is 4.22. The Balaban J connectivity index is 2.25. The number of carboxylic acid groups (broad SMARTS) is 1. The molecule has 0 aliphatic carbocycles. The summed E-state index contributed by atoms with van der Waals surface area (Å²) < 4.78 is 0. The number of aromatic nitrogens is 1. The highest BCUT2D eigenvalue weighted by atomic mass is 16.4. The molecule has 1 aromatic carbocycles. The van der Waals surface area contributed by atoms with Gasteiger partial charge in [-0.1, -0.05) is 0 Å². The molecule has 3 rings (SSSR count). The second-order valence-corrected chi connectivity index (χ2v) is 4.22. The molecule has 1 atom stereocenters. The Morgan fingerprint density at radius 1 is 1.41 bits per heavy atom. The quantitative estimate of drug-likeness (QED) is 0.594. The maximum Gasteiger partial charge on any atom is 0.326 e. The Hall–Kier alpha value is -2.01. The average molecular weight is 232 g/mol. The number of aromatic hydroxyl groups is 1. The minimum absolute atomic E-state index is 0.199. The molecule has 0 spiro atoms. The Labute approximate surface area is 97.1 Å². The van der Waals surface area contributed by atoms with Crippen molar-refractivity contribution in [3.05, 3.63) is 29.5 Å². The first-order valence-electron chi connectivity index (χ1n) is 5.46. The van der Waals surface area contributed by atoms with E-state index >= 15 is 0 Å². The number of aliphatic carboxylic acids is 1. The average Bonchev–Trinajstić information content (AvgIpc) is 2.66. The Kier molecular flexibility index (Phi) is 2.09. The summed E-state index contributed by atoms with van der Waals surface area (Å²) in [6.07, 6.45) is 0.766. The zero-order chi connectivity index (χ0) is 12.0. The third kappa shape index (κ3) is 1.47. The van der Waals surface area contributed by atoms with Gasteiger partial charge in [-0.2, -0.15) is 0 Å². The molecule has 1 aliphatic rings. The number of phenols is 1. The fourth-order valence-electron chi connectivity index (χ4n) is 2.43. The van der Waals surface area contributed by atoms with Crippen LogP contribution in [-0.2, 0) is 11.2 Å². The summed E-state index contributed by atoms with van der Waals surface area (Å²) in [5.41, 5.74) is 2.55. The van der Waals surface area contributed by atoms with Crippen molar-refractivity contribution < 1.29 is 15.0 Å². The maximum absolute atomic E-state index is 11.1. The van der Waals surface area contributed by atoms with Gasteiger partial charge in [-0.25, -0.2) is 0 Å². The highest BCUT2D eigenvalue weighted by Gasteiger charge is 2.28. The van der Waals surface area contributed by atoms with Gasteiger partial charge in [-0.05, 0) is 30.2 Å². The van der Waals surface area contributed by atoms with E-state index in [1.165, 1.54) is 0 Å². The number of aromatic amines is 1. The molecule has 4 N–H and O–H groups in total. The number of carbonyl (C=O) groups is 1. The van der Waals surface area contributed by atoms with Crippen LogP contribution in [0.25, 0.3) is 10.9 Å². The fraction of sp³-hybridized carbons (Fsp3) is 0.250. The summed E-state index contributed by atoms with van der Waals surface area (Å²) in [5, 5.41) is 22.5. The smallest absolute Gasteiger partial charge is 0.326 e. The van der Waals surface area contributed by atoms with Crippen LogP contribution < -0.4 is 5.32 Å². The largest absolute Gasteiger partial charge is 0.508 e. The standard InChI is InChI=1S/C12H12N2O3/c15-6-1-2-9-8(5-6)7-3-4-13-11(12(16)17)10(7)14-9/h1-2,5,11,13-15H,3-4H2,(H,16,17). The predicted octanol–water partition coefficient (Wildman–Crippen LogP) is 1.14. The van der Waals surface area contributed by atoms with Gasteiger partial charge in [-0.15, -0.1) is 0 Å². The number of carboxylic acids is 1. The Morgan fingerprint density at radius 3 is 3.00 bits per heavy atom. The van der Waals surface area contributed by atoms with Crippen LogP contribution in [-0.4, -0.2) is 27.7 Å². The topological polar surface area (TPSA) is 85.4 Å². The van der Waals surface area contributed by atoms with E-state index in [1.54, 1.807) is 18.2 Å². The van der Waals surface area contributed by atoms with Gasteiger partial charge in [0.15, 0.2) is 0 Å². The van der Waals surface area contributed by atoms with Crippen LogP contribution in [0.5, 0.6) is 5.75 Å². The van der Waals surface area contributed by atoms with Gasteiger partial charge in [0.1, 0.15) is 11.8 Å². The molecule has 1 unspecified atom stereocenters. The first-order chi connectivity index (χ1) is 8.16. The monoisotopic (exact) mass is 232 g/mol. The van der Waals surface area contributed by atoms with Crippen LogP contribution in [0.15, 0.2) is 18.2 Å². The molecule has 0 amide bonds. The maximum atomic E-state index is 11.1. The minimum atomic E-state index is -0.887. The van der Waals surface area contributed by atoms with Gasteiger partial charge in [0.2, 0.25) is 0 Å². The molecule has 2 heterocycles. The number of hydrogen-bond acceptors (Lipinski definition) is 3. The number of benzene rings is 1. The number of rotatable bonds is 1. The second kappa shape index (κ2) is 3.49. The van der Waals surface area contributed by atoms with E-state index in [1.807, 2.05) is 0 Å². The van der Waals surface area contributed by atoms with Crippen molar-refractivity contribution in [3.8, 4) is 5.75 Å². The lowest BCUT2D eigenvalue weighted by atomic mass is 9.99. The zero-order valence-corrected chi connectivity index (χ0v) is 9.03. The normalized spacial score (nSPS) is 19.2. The molecule has 0 saturated carbocycles. The molecule has 5 heteroatoms. The molecule has 1 aromatic heterocycles. The predicted molar refractivity (Wildman–Crippen MR) is 62.0 cm³/mol. The number of nitrogens with one attached hydrogen (secondary N) is 2. The summed E-state index contributed by atoms with van der Waals surface area (Å²) in [4.78, 5) is 14.2. The molecule has 1 aliphatic heterocycles. The zero-order valence-electron chi connectivity index (χ0n) is 9.03. The van der Waals surface area contributed by atoms with Crippen LogP contribution in [0, 0.1) is 0 Å². The third-order valence-corrected chi connectivity index (χ3v) is 3.18. The Bertz CT molecular complexity index is 603. The van der Waals surface area contributed by atoms with Crippen LogP contribution in [0.4, 0.5) is 0 Å². The van der Waals surface area contributed by atoms with E-state index in [9.17, 15) is 9.90 Å². The van der Waals surface area contributed by atoms with E-state index in [2.05, 4.69) is 10.3 Å². The van der Waals surface area contributed by atoms with E-state index in [0.29, 0.717) is 12.2 Å². The van der Waals surface area contributed by atoms with Crippen molar-refractivity contribution in [1.82, 2.24) is 10.3 Å². The van der Waals surface area contributed by atoms with Crippen molar-refractivity contribution in [2.45, 2.75) is 12.5 Å². The molecule has 0 bridgehead atoms. The number of fused-ring (bicyclic) bond motifs is 3. The van der Waals surface area contributed by atoms with Gasteiger partial charge < -0.3 is 15.2 Å². The highest BCUT2D eigenvalue weighted by molar-refractivity contribution is 5.89. The van der Waals surface area contributed by atoms with Crippen molar-refractivity contribution in [3.63, 3.8) is 0 Å². The van der Waals surface area contributed by atoms with E-state index in [0.717, 1.165) is 22.9 Å². The number of hydrogen-bond donors (Lipinski definition) is 4. The molecule has 88 valence electrons. The van der Waals surface area contributed by atoms with Crippen LogP contribution >= 0.6 is 0 Å². The van der Waals surface area contributed by atoms with Gasteiger partial charge in [0.05, 0.1) is 0 Å². The molecule has 17 heavy (non-hydrogen) atoms. The van der Waals surface area contributed by atoms with Crippen LogP contribution in [0.2, 0.25) is 0 Å². The lowest BCUT2D eigenvalue weighted by molar-refractivity contribution is -0.139. The van der Waals surface area contributed by atoms with Gasteiger partial charge >= 0.3 is 5.97 Å². The summed E-state index contributed by atoms with van der Waals surface area (Å²) in [6, 6.07) is 4.35. The van der Waals surface area contributed by atoms with Crippen molar-refractivity contribution in [2.75, 3.05) is 6.54 Å². The number of phenolic OH excluding ortho intramolecular Hbond substituents is 1. The van der Waals surface area contributed by atoms with E-state index in [-0.39, 0.29) is 5.75 Å². The van der Waals surface area contributed by atoms with E-state index in [4.69, 9.17) is 5.11 Å². The SMILES string of the molecule is O=C(O)C1NCCc2c1[nH]c1ccc(O)cc21. The molecule has 0 fully saturated rings. The summed E-state index contributed by atoms with van der Waals surface area (Å²) in [7, 11) is 0. The molecular weight excluding hydrogens is 220 g/mol. The third-order valence-electron chi connectivity index (χ3n) is 3.18. The molecule has 0 saturated heterocycles. The van der Waals surface area contributed by atoms with Gasteiger partial charge in [-0.3, -0.25) is 10.1 Å². The molecule has 2 aromatic rings. The van der Waals surface area contributed by atoms with Crippen molar-refractivity contribution >= 4 is 16.9 Å². The Morgan fingerprint density at radius 2 is 2.24 bits per heavy atom. The molecular formula is C12H12N2O3. The highest BCUT2D eigenvalue weighted by Crippen LogP contribution is 2.31. The molecule has 5 nitrogen and oxygen atoms in total. The van der Waals surface area contributed by atoms with Crippen molar-refractivity contribution in [1.29, 1.82) is 0 Å². The van der Waals surface area contributed by atoms with Crippen molar-refractivity contribution in [2.24, 2.45) is 0 Å². The van der Waals surface area contributed by atoms with E-state index < -0.39 is 12.0 Å². The lowest BCUT2D eigenvalue weighted by Crippen LogP contribution is -2.34. The fourth-order valence-corrected chi connectivity index (χ4v) is 2.43. The minimum Gasteiger partial charge on any atom is -0.508 e. The first-order valence-corrected chi connectivity index (χ1v) is 5.46.